The van der Waals surface area contributed by atoms with E-state index in [1.54, 1.807) is 11.6 Å². The Hall–Kier alpha value is -2.39. The van der Waals surface area contributed by atoms with E-state index in [9.17, 15) is 13.2 Å². The summed E-state index contributed by atoms with van der Waals surface area (Å²) in [5.41, 5.74) is -1.02. The van der Waals surface area contributed by atoms with Crippen molar-refractivity contribution < 1.29 is 13.2 Å². The van der Waals surface area contributed by atoms with Crippen molar-refractivity contribution in [2.45, 2.75) is 12.7 Å². The van der Waals surface area contributed by atoms with Crippen molar-refractivity contribution in [3.63, 3.8) is 0 Å². The molecule has 0 aliphatic rings. The highest BCUT2D eigenvalue weighted by Crippen LogP contribution is 2.29. The highest BCUT2D eigenvalue weighted by atomic mass is 19.4. The second-order valence-electron chi connectivity index (χ2n) is 3.92. The predicted molar refractivity (Wildman–Crippen MR) is 64.9 cm³/mol. The third-order valence-corrected chi connectivity index (χ3v) is 2.47. The van der Waals surface area contributed by atoms with Crippen LogP contribution in [0.3, 0.4) is 0 Å². The van der Waals surface area contributed by atoms with E-state index in [2.05, 4.69) is 30.8 Å². The Balaban J connectivity index is 2.21. The Morgan fingerprint density at radius 3 is 2.60 bits per heavy atom. The van der Waals surface area contributed by atoms with E-state index in [-0.39, 0.29) is 18.3 Å². The van der Waals surface area contributed by atoms with Crippen LogP contribution in [0, 0.1) is 0 Å². The lowest BCUT2D eigenvalue weighted by Gasteiger charge is -2.11. The summed E-state index contributed by atoms with van der Waals surface area (Å²) in [7, 11) is 3.18. The molecular weight excluding hydrogens is 275 g/mol. The van der Waals surface area contributed by atoms with Crippen LogP contribution in [-0.2, 0) is 19.8 Å². The average Bonchev–Trinajstić information content (AvgIpc) is 2.80. The monoisotopic (exact) mass is 287 g/mol. The Kier molecular flexibility index (Phi) is 3.72. The molecule has 20 heavy (non-hydrogen) atoms. The van der Waals surface area contributed by atoms with Gasteiger partial charge in [0.2, 0.25) is 5.95 Å². The Labute approximate surface area is 112 Å². The minimum absolute atomic E-state index is 0.0553. The van der Waals surface area contributed by atoms with Crippen molar-refractivity contribution in [3.8, 4) is 0 Å². The second-order valence-corrected chi connectivity index (χ2v) is 3.92. The first kappa shape index (κ1) is 14.0. The van der Waals surface area contributed by atoms with Crippen LogP contribution in [0.2, 0.25) is 0 Å². The first-order chi connectivity index (χ1) is 9.40. The third kappa shape index (κ3) is 3.13. The molecule has 2 rings (SSSR count). The van der Waals surface area contributed by atoms with Crippen molar-refractivity contribution in [1.29, 1.82) is 0 Å². The molecule has 0 bridgehead atoms. The number of halogens is 3. The molecular formula is C10H12F3N7. The van der Waals surface area contributed by atoms with Gasteiger partial charge in [0, 0.05) is 20.2 Å². The Morgan fingerprint density at radius 1 is 1.30 bits per heavy atom. The molecule has 0 saturated carbocycles. The molecule has 2 heterocycles. The van der Waals surface area contributed by atoms with Crippen molar-refractivity contribution in [2.75, 3.05) is 17.7 Å². The molecule has 0 saturated heterocycles. The van der Waals surface area contributed by atoms with Crippen LogP contribution in [0.1, 0.15) is 11.5 Å². The second kappa shape index (κ2) is 5.31. The maximum atomic E-state index is 12.7. The average molecular weight is 287 g/mol. The number of nitrogens with zero attached hydrogens (tertiary/aromatic N) is 5. The van der Waals surface area contributed by atoms with Crippen LogP contribution in [-0.4, -0.2) is 31.8 Å². The highest BCUT2D eigenvalue weighted by Gasteiger charge is 2.33. The molecule has 2 aromatic heterocycles. The SMILES string of the molecule is CNc1nc(NCc2nncn2C)cc(C(F)(F)F)n1. The lowest BCUT2D eigenvalue weighted by Crippen LogP contribution is -2.13. The van der Waals surface area contributed by atoms with E-state index < -0.39 is 11.9 Å². The van der Waals surface area contributed by atoms with Gasteiger partial charge in [0.1, 0.15) is 12.1 Å². The molecule has 0 radical (unpaired) electrons. The van der Waals surface area contributed by atoms with Gasteiger partial charge in [0.05, 0.1) is 6.54 Å². The maximum Gasteiger partial charge on any atom is 0.433 e. The van der Waals surface area contributed by atoms with Crippen molar-refractivity contribution >= 4 is 11.8 Å². The Bertz CT molecular complexity index is 593. The largest absolute Gasteiger partial charge is 0.433 e. The molecule has 10 heteroatoms. The topological polar surface area (TPSA) is 80.5 Å². The minimum Gasteiger partial charge on any atom is -0.363 e. The summed E-state index contributed by atoms with van der Waals surface area (Å²) < 4.78 is 39.7. The molecule has 0 aliphatic heterocycles. The number of alkyl halides is 3. The number of aryl methyl sites for hydroxylation is 1. The van der Waals surface area contributed by atoms with Gasteiger partial charge in [0.15, 0.2) is 11.5 Å². The summed E-state index contributed by atoms with van der Waals surface area (Å²) in [4.78, 5) is 7.27. The Morgan fingerprint density at radius 2 is 2.05 bits per heavy atom. The summed E-state index contributed by atoms with van der Waals surface area (Å²) in [6, 6.07) is 0.844. The fraction of sp³-hybridized carbons (Fsp3) is 0.400. The van der Waals surface area contributed by atoms with Crippen LogP contribution >= 0.6 is 0 Å². The van der Waals surface area contributed by atoms with E-state index in [0.29, 0.717) is 5.82 Å². The summed E-state index contributed by atoms with van der Waals surface area (Å²) in [6.45, 7) is 0.202. The van der Waals surface area contributed by atoms with E-state index in [0.717, 1.165) is 6.07 Å². The van der Waals surface area contributed by atoms with E-state index in [4.69, 9.17) is 0 Å². The van der Waals surface area contributed by atoms with E-state index in [1.165, 1.54) is 13.4 Å². The third-order valence-electron chi connectivity index (χ3n) is 2.47. The van der Waals surface area contributed by atoms with Gasteiger partial charge in [0.25, 0.3) is 0 Å². The van der Waals surface area contributed by atoms with Gasteiger partial charge >= 0.3 is 6.18 Å². The molecule has 0 spiro atoms. The van der Waals surface area contributed by atoms with E-state index >= 15 is 0 Å². The fourth-order valence-corrected chi connectivity index (χ4v) is 1.43. The fourth-order valence-electron chi connectivity index (χ4n) is 1.43. The number of nitrogens with one attached hydrogen (secondary N) is 2. The lowest BCUT2D eigenvalue weighted by atomic mass is 10.3. The highest BCUT2D eigenvalue weighted by molar-refractivity contribution is 5.42. The first-order valence-electron chi connectivity index (χ1n) is 5.61. The number of rotatable bonds is 4. The standard InChI is InChI=1S/C10H12F3N7/c1-14-9-17-6(10(11,12)13)3-7(18-9)15-4-8-19-16-5-20(8)2/h3,5H,4H2,1-2H3,(H2,14,15,17,18). The van der Waals surface area contributed by atoms with Gasteiger partial charge in [-0.1, -0.05) is 0 Å². The van der Waals surface area contributed by atoms with Crippen molar-refractivity contribution in [3.05, 3.63) is 23.9 Å². The molecule has 2 aromatic rings. The van der Waals surface area contributed by atoms with Crippen LogP contribution in [0.5, 0.6) is 0 Å². The van der Waals surface area contributed by atoms with Gasteiger partial charge in [-0.05, 0) is 0 Å². The summed E-state index contributed by atoms with van der Waals surface area (Å²) >= 11 is 0. The molecule has 2 N–H and O–H groups in total. The maximum absolute atomic E-state index is 12.7. The zero-order valence-corrected chi connectivity index (χ0v) is 10.7. The van der Waals surface area contributed by atoms with Crippen LogP contribution in [0.25, 0.3) is 0 Å². The number of hydrogen-bond donors (Lipinski definition) is 2. The molecule has 7 nitrogen and oxygen atoms in total. The minimum atomic E-state index is -4.53. The molecule has 0 amide bonds. The smallest absolute Gasteiger partial charge is 0.363 e. The summed E-state index contributed by atoms with van der Waals surface area (Å²) in [5.74, 6) is 0.517. The van der Waals surface area contributed by atoms with Crippen LogP contribution < -0.4 is 10.6 Å². The molecule has 0 aliphatic carbocycles. The first-order valence-corrected chi connectivity index (χ1v) is 5.61. The molecule has 0 aromatic carbocycles. The zero-order chi connectivity index (χ0) is 14.8. The number of aromatic nitrogens is 5. The van der Waals surface area contributed by atoms with Gasteiger partial charge in [-0.15, -0.1) is 10.2 Å². The predicted octanol–water partition coefficient (Wildman–Crippen LogP) is 1.28. The van der Waals surface area contributed by atoms with Crippen LogP contribution in [0.4, 0.5) is 24.9 Å². The quantitative estimate of drug-likeness (QED) is 0.881. The number of hydrogen-bond acceptors (Lipinski definition) is 6. The summed E-state index contributed by atoms with van der Waals surface area (Å²) in [5, 5.41) is 12.7. The van der Waals surface area contributed by atoms with Gasteiger partial charge in [-0.3, -0.25) is 0 Å². The van der Waals surface area contributed by atoms with Crippen molar-refractivity contribution in [1.82, 2.24) is 24.7 Å². The van der Waals surface area contributed by atoms with Gasteiger partial charge in [-0.2, -0.15) is 18.2 Å². The molecule has 0 unspecified atom stereocenters. The zero-order valence-electron chi connectivity index (χ0n) is 10.7. The molecule has 0 atom stereocenters. The van der Waals surface area contributed by atoms with Gasteiger partial charge in [-0.25, -0.2) is 4.98 Å². The molecule has 0 fully saturated rings. The lowest BCUT2D eigenvalue weighted by molar-refractivity contribution is -0.141. The van der Waals surface area contributed by atoms with Crippen molar-refractivity contribution in [2.24, 2.45) is 7.05 Å². The van der Waals surface area contributed by atoms with Crippen LogP contribution in [0.15, 0.2) is 12.4 Å². The normalized spacial score (nSPS) is 11.4. The van der Waals surface area contributed by atoms with Gasteiger partial charge < -0.3 is 15.2 Å². The van der Waals surface area contributed by atoms with E-state index in [1.807, 2.05) is 0 Å². The summed E-state index contributed by atoms with van der Waals surface area (Å²) in [6.07, 6.45) is -3.03. The molecule has 108 valence electrons. The number of anilines is 2.